The number of aliphatic hydroxyl groups is 1. The van der Waals surface area contributed by atoms with E-state index in [1.807, 2.05) is 0 Å². The van der Waals surface area contributed by atoms with Crippen LogP contribution in [0.5, 0.6) is 0 Å². The van der Waals surface area contributed by atoms with E-state index in [1.165, 1.54) is 186 Å². The van der Waals surface area contributed by atoms with Gasteiger partial charge in [-0.05, 0) is 37.5 Å². The van der Waals surface area contributed by atoms with Crippen LogP contribution in [0.15, 0.2) is 0 Å². The highest BCUT2D eigenvalue weighted by Crippen LogP contribution is 2.45. The van der Waals surface area contributed by atoms with Gasteiger partial charge in [0.15, 0.2) is 12.2 Å². The molecule has 0 aromatic rings. The molecule has 0 bridgehead atoms. The fourth-order valence-electron chi connectivity index (χ4n) is 11.1. The summed E-state index contributed by atoms with van der Waals surface area (Å²) in [7, 11) is -9.90. The van der Waals surface area contributed by atoms with Crippen LogP contribution in [0, 0.1) is 11.8 Å². The summed E-state index contributed by atoms with van der Waals surface area (Å²) in [5.74, 6) is -0.645. The summed E-state index contributed by atoms with van der Waals surface area (Å²) in [5, 5.41) is 10.6. The molecule has 0 aliphatic carbocycles. The summed E-state index contributed by atoms with van der Waals surface area (Å²) in [5.41, 5.74) is 0. The van der Waals surface area contributed by atoms with E-state index < -0.39 is 97.5 Å². The molecule has 0 rings (SSSR count). The molecule has 3 N–H and O–H groups in total. The fourth-order valence-corrected chi connectivity index (χ4v) is 12.7. The average molecular weight is 1350 g/mol. The van der Waals surface area contributed by atoms with E-state index in [4.69, 9.17) is 37.0 Å². The Morgan fingerprint density at radius 3 is 0.739 bits per heavy atom. The second kappa shape index (κ2) is 65.0. The van der Waals surface area contributed by atoms with Crippen LogP contribution in [-0.4, -0.2) is 96.7 Å². The predicted molar refractivity (Wildman–Crippen MR) is 372 cm³/mol. The molecular formula is C73H142O17P2. The highest BCUT2D eigenvalue weighted by Gasteiger charge is 2.30. The third-order valence-corrected chi connectivity index (χ3v) is 18.9. The zero-order chi connectivity index (χ0) is 67.9. The van der Waals surface area contributed by atoms with Crippen LogP contribution in [0.25, 0.3) is 0 Å². The van der Waals surface area contributed by atoms with Crippen molar-refractivity contribution in [2.75, 3.05) is 39.6 Å². The number of ether oxygens (including phenoxy) is 4. The minimum atomic E-state index is -4.95. The van der Waals surface area contributed by atoms with Gasteiger partial charge < -0.3 is 33.8 Å². The van der Waals surface area contributed by atoms with Gasteiger partial charge in [-0.2, -0.15) is 0 Å². The van der Waals surface area contributed by atoms with Crippen molar-refractivity contribution in [3.05, 3.63) is 0 Å². The normalized spacial score (nSPS) is 14.1. The van der Waals surface area contributed by atoms with Gasteiger partial charge >= 0.3 is 39.5 Å². The minimum absolute atomic E-state index is 0.107. The SMILES string of the molecule is CCCCCCCCCCCCCCCC(=O)OC[C@H](COP(=O)(O)OC[C@@H](O)COP(=O)(O)OC[C@@H](COC(=O)CCCCCCCCC(C)C)OC(=O)CCCCCCCCCCCCCCC)OC(=O)CCCCCCCCCCCCCCCCC(C)C. The van der Waals surface area contributed by atoms with Crippen LogP contribution in [0.4, 0.5) is 0 Å². The molecule has 0 aliphatic rings. The zero-order valence-corrected chi connectivity index (χ0v) is 61.6. The quantitative estimate of drug-likeness (QED) is 0.0222. The lowest BCUT2D eigenvalue weighted by Crippen LogP contribution is -2.30. The first-order chi connectivity index (χ1) is 44.4. The van der Waals surface area contributed by atoms with E-state index in [2.05, 4.69) is 41.5 Å². The first-order valence-corrected chi connectivity index (χ1v) is 41.0. The molecule has 0 spiro atoms. The van der Waals surface area contributed by atoms with Crippen molar-refractivity contribution in [1.82, 2.24) is 0 Å². The van der Waals surface area contributed by atoms with Crippen molar-refractivity contribution in [1.29, 1.82) is 0 Å². The third-order valence-electron chi connectivity index (χ3n) is 17.0. The number of aliphatic hydroxyl groups excluding tert-OH is 1. The Balaban J connectivity index is 5.23. The smallest absolute Gasteiger partial charge is 0.462 e. The largest absolute Gasteiger partial charge is 0.472 e. The number of esters is 4. The number of carbonyl (C=O) groups excluding carboxylic acids is 4. The molecule has 19 heteroatoms. The van der Waals surface area contributed by atoms with E-state index in [0.717, 1.165) is 102 Å². The molecule has 17 nitrogen and oxygen atoms in total. The standard InChI is InChI=1S/C73H142O17P2/c1-7-9-11-13-15-17-19-23-28-32-36-43-49-55-70(75)83-61-68(89-72(77)58-52-46-38-34-30-26-22-21-25-27-31-35-41-47-53-65(3)4)63-87-91(79,80)85-59-67(74)60-86-92(81,82)88-64-69(62-84-71(76)56-50-44-40-39-42-48-54-66(5)6)90-73(78)57-51-45-37-33-29-24-20-18-16-14-12-10-8-2/h65-69,74H,7-64H2,1-6H3,(H,79,80)(H,81,82)/t67-,68-,69-/m1/s1. The molecule has 0 saturated carbocycles. The van der Waals surface area contributed by atoms with Crippen molar-refractivity contribution in [2.45, 2.75) is 394 Å². The Morgan fingerprint density at radius 2 is 0.500 bits per heavy atom. The van der Waals surface area contributed by atoms with Crippen LogP contribution in [0.1, 0.15) is 375 Å². The highest BCUT2D eigenvalue weighted by atomic mass is 31.2. The van der Waals surface area contributed by atoms with Crippen molar-refractivity contribution < 1.29 is 80.2 Å². The summed E-state index contributed by atoms with van der Waals surface area (Å²) in [4.78, 5) is 72.6. The number of hydrogen-bond acceptors (Lipinski definition) is 15. The van der Waals surface area contributed by atoms with E-state index in [-0.39, 0.29) is 25.7 Å². The van der Waals surface area contributed by atoms with Gasteiger partial charge in [0.1, 0.15) is 19.3 Å². The number of phosphoric ester groups is 2. The summed E-state index contributed by atoms with van der Waals surface area (Å²) < 4.78 is 68.4. The summed E-state index contributed by atoms with van der Waals surface area (Å²) in [6.45, 7) is 9.52. The van der Waals surface area contributed by atoms with Gasteiger partial charge in [-0.15, -0.1) is 0 Å². The Bertz CT molecular complexity index is 1790. The predicted octanol–water partition coefficient (Wildman–Crippen LogP) is 21.2. The van der Waals surface area contributed by atoms with Gasteiger partial charge in [-0.1, -0.05) is 324 Å². The summed E-state index contributed by atoms with van der Waals surface area (Å²) in [6.07, 6.45) is 51.4. The van der Waals surface area contributed by atoms with Crippen LogP contribution >= 0.6 is 15.6 Å². The Hall–Kier alpha value is -1.94. The van der Waals surface area contributed by atoms with Gasteiger partial charge in [0, 0.05) is 25.7 Å². The lowest BCUT2D eigenvalue weighted by molar-refractivity contribution is -0.161. The molecule has 0 saturated heterocycles. The first-order valence-electron chi connectivity index (χ1n) is 38.0. The number of phosphoric acid groups is 2. The van der Waals surface area contributed by atoms with Crippen molar-refractivity contribution >= 4 is 39.5 Å². The molecule has 546 valence electrons. The monoisotopic (exact) mass is 1350 g/mol. The van der Waals surface area contributed by atoms with E-state index in [0.29, 0.717) is 31.6 Å². The van der Waals surface area contributed by atoms with Crippen molar-refractivity contribution in [2.24, 2.45) is 11.8 Å². The Labute approximate surface area is 562 Å². The maximum Gasteiger partial charge on any atom is 0.472 e. The van der Waals surface area contributed by atoms with Crippen LogP contribution < -0.4 is 0 Å². The van der Waals surface area contributed by atoms with Crippen LogP contribution in [0.2, 0.25) is 0 Å². The molecule has 5 atom stereocenters. The summed E-state index contributed by atoms with van der Waals surface area (Å²) in [6, 6.07) is 0. The molecule has 0 heterocycles. The topological polar surface area (TPSA) is 237 Å². The fraction of sp³-hybridized carbons (Fsp3) is 0.945. The maximum atomic E-state index is 13.1. The van der Waals surface area contributed by atoms with Crippen LogP contribution in [-0.2, 0) is 65.4 Å². The maximum absolute atomic E-state index is 13.1. The molecule has 0 aromatic heterocycles. The zero-order valence-electron chi connectivity index (χ0n) is 59.9. The number of rotatable bonds is 72. The molecule has 92 heavy (non-hydrogen) atoms. The lowest BCUT2D eigenvalue weighted by atomic mass is 10.0. The summed E-state index contributed by atoms with van der Waals surface area (Å²) >= 11 is 0. The molecule has 0 fully saturated rings. The number of carbonyl (C=O) groups is 4. The molecule has 0 radical (unpaired) electrons. The molecule has 2 unspecified atom stereocenters. The van der Waals surface area contributed by atoms with Crippen molar-refractivity contribution in [3.63, 3.8) is 0 Å². The molecular weight excluding hydrogens is 1210 g/mol. The van der Waals surface area contributed by atoms with Gasteiger partial charge in [-0.25, -0.2) is 9.13 Å². The van der Waals surface area contributed by atoms with Crippen molar-refractivity contribution in [3.8, 4) is 0 Å². The number of unbranched alkanes of at least 4 members (excludes halogenated alkanes) is 42. The van der Waals surface area contributed by atoms with E-state index in [1.54, 1.807) is 0 Å². The van der Waals surface area contributed by atoms with Gasteiger partial charge in [-0.3, -0.25) is 37.3 Å². The second-order valence-electron chi connectivity index (χ2n) is 27.3. The van der Waals surface area contributed by atoms with Gasteiger partial charge in [0.05, 0.1) is 26.4 Å². The second-order valence-corrected chi connectivity index (χ2v) is 30.2. The molecule has 0 aromatic carbocycles. The third kappa shape index (κ3) is 66.7. The first kappa shape index (κ1) is 90.1. The Morgan fingerprint density at radius 1 is 0.293 bits per heavy atom. The molecule has 0 amide bonds. The average Bonchev–Trinajstić information content (AvgIpc) is 1.52. The van der Waals surface area contributed by atoms with E-state index in [9.17, 15) is 43.2 Å². The lowest BCUT2D eigenvalue weighted by Gasteiger charge is -2.21. The highest BCUT2D eigenvalue weighted by molar-refractivity contribution is 7.47. The van der Waals surface area contributed by atoms with Gasteiger partial charge in [0.2, 0.25) is 0 Å². The molecule has 0 aliphatic heterocycles. The minimum Gasteiger partial charge on any atom is -0.462 e. The van der Waals surface area contributed by atoms with Gasteiger partial charge in [0.25, 0.3) is 0 Å². The Kier molecular flexibility index (Phi) is 63.7. The van der Waals surface area contributed by atoms with Crippen LogP contribution in [0.3, 0.4) is 0 Å². The van der Waals surface area contributed by atoms with E-state index >= 15 is 0 Å². The number of hydrogen-bond donors (Lipinski definition) is 3.